The number of ether oxygens (including phenoxy) is 1. The summed E-state index contributed by atoms with van der Waals surface area (Å²) in [6.45, 7) is 4.96. The summed E-state index contributed by atoms with van der Waals surface area (Å²) in [6, 6.07) is 3.87. The normalized spacial score (nSPS) is 10.0. The Balaban J connectivity index is 2.32. The highest BCUT2D eigenvalue weighted by molar-refractivity contribution is 5.25. The molecule has 2 heteroatoms. The molecule has 0 unspecified atom stereocenters. The maximum absolute atomic E-state index is 5.58. The summed E-state index contributed by atoms with van der Waals surface area (Å²) in [6.07, 6.45) is 5.38. The highest BCUT2D eigenvalue weighted by Crippen LogP contribution is 2.13. The maximum atomic E-state index is 5.58. The second kappa shape index (κ2) is 5.57. The Labute approximate surface area is 80.0 Å². The lowest BCUT2D eigenvalue weighted by Gasteiger charge is -2.06. The summed E-state index contributed by atoms with van der Waals surface area (Å²) < 4.78 is 5.58. The van der Waals surface area contributed by atoms with E-state index in [0.717, 1.165) is 24.5 Å². The first kappa shape index (κ1) is 10.0. The molecule has 0 amide bonds. The first-order chi connectivity index (χ1) is 6.34. The van der Waals surface area contributed by atoms with Gasteiger partial charge in [-0.25, -0.2) is 0 Å². The Bertz CT molecular complexity index is 248. The molecule has 1 heterocycles. The van der Waals surface area contributed by atoms with Gasteiger partial charge in [-0.2, -0.15) is 0 Å². The Hall–Kier alpha value is -1.05. The van der Waals surface area contributed by atoms with E-state index in [1.807, 2.05) is 19.1 Å². The molecule has 1 aromatic rings. The Morgan fingerprint density at radius 1 is 1.38 bits per heavy atom. The summed E-state index contributed by atoms with van der Waals surface area (Å²) in [5.74, 6) is 0.915. The summed E-state index contributed by atoms with van der Waals surface area (Å²) in [5.41, 5.74) is 0.971. The van der Waals surface area contributed by atoms with Gasteiger partial charge in [0, 0.05) is 6.20 Å². The number of nitrogens with zero attached hydrogens (tertiary/aromatic N) is 1. The first-order valence-electron chi connectivity index (χ1n) is 4.89. The summed E-state index contributed by atoms with van der Waals surface area (Å²) in [5, 5.41) is 0. The van der Waals surface area contributed by atoms with Crippen molar-refractivity contribution in [3.8, 4) is 5.75 Å². The molecule has 72 valence electrons. The fourth-order valence-electron chi connectivity index (χ4n) is 1.16. The van der Waals surface area contributed by atoms with Crippen LogP contribution in [0.4, 0.5) is 0 Å². The van der Waals surface area contributed by atoms with E-state index in [2.05, 4.69) is 11.9 Å². The molecule has 0 saturated carbocycles. The van der Waals surface area contributed by atoms with Crippen LogP contribution in [0.1, 0.15) is 31.9 Å². The molecule has 0 spiro atoms. The van der Waals surface area contributed by atoms with Crippen molar-refractivity contribution in [2.45, 2.75) is 33.1 Å². The molecule has 2 nitrogen and oxygen atoms in total. The van der Waals surface area contributed by atoms with Crippen molar-refractivity contribution in [2.75, 3.05) is 6.61 Å². The minimum absolute atomic E-state index is 0.806. The van der Waals surface area contributed by atoms with Gasteiger partial charge < -0.3 is 4.74 Å². The number of rotatable bonds is 5. The minimum atomic E-state index is 0.806. The number of aromatic nitrogens is 1. The molecular formula is C11H17NO. The molecule has 0 N–H and O–H groups in total. The smallest absolute Gasteiger partial charge is 0.140 e. The maximum Gasteiger partial charge on any atom is 0.140 e. The topological polar surface area (TPSA) is 22.1 Å². The molecule has 0 bridgehead atoms. The van der Waals surface area contributed by atoms with Crippen LogP contribution < -0.4 is 4.74 Å². The summed E-state index contributed by atoms with van der Waals surface area (Å²) in [4.78, 5) is 4.15. The van der Waals surface area contributed by atoms with Crippen LogP contribution >= 0.6 is 0 Å². The van der Waals surface area contributed by atoms with Gasteiger partial charge in [-0.15, -0.1) is 0 Å². The predicted octanol–water partition coefficient (Wildman–Crippen LogP) is 2.96. The first-order valence-corrected chi connectivity index (χ1v) is 4.89. The summed E-state index contributed by atoms with van der Waals surface area (Å²) in [7, 11) is 0. The third-order valence-electron chi connectivity index (χ3n) is 1.96. The minimum Gasteiger partial charge on any atom is -0.492 e. The van der Waals surface area contributed by atoms with E-state index in [-0.39, 0.29) is 0 Å². The molecular weight excluding hydrogens is 162 g/mol. The second-order valence-corrected chi connectivity index (χ2v) is 3.14. The van der Waals surface area contributed by atoms with Crippen molar-refractivity contribution in [1.29, 1.82) is 0 Å². The number of hydrogen-bond donors (Lipinski definition) is 0. The van der Waals surface area contributed by atoms with Gasteiger partial charge in [0.15, 0.2) is 0 Å². The molecule has 0 aliphatic carbocycles. The van der Waals surface area contributed by atoms with Gasteiger partial charge in [0.2, 0.25) is 0 Å². The van der Waals surface area contributed by atoms with E-state index in [0.29, 0.717) is 0 Å². The quantitative estimate of drug-likeness (QED) is 0.648. The molecule has 0 saturated heterocycles. The predicted molar refractivity (Wildman–Crippen MR) is 54.0 cm³/mol. The van der Waals surface area contributed by atoms with Gasteiger partial charge in [0.1, 0.15) is 5.75 Å². The zero-order valence-electron chi connectivity index (χ0n) is 8.42. The Morgan fingerprint density at radius 2 is 2.23 bits per heavy atom. The molecule has 0 aliphatic heterocycles. The molecule has 1 aromatic heterocycles. The Morgan fingerprint density at radius 3 is 2.92 bits per heavy atom. The van der Waals surface area contributed by atoms with Gasteiger partial charge in [-0.3, -0.25) is 4.98 Å². The molecule has 0 radical (unpaired) electrons. The van der Waals surface area contributed by atoms with Crippen molar-refractivity contribution in [2.24, 2.45) is 0 Å². The fraction of sp³-hybridized carbons (Fsp3) is 0.545. The number of hydrogen-bond acceptors (Lipinski definition) is 2. The highest BCUT2D eigenvalue weighted by Gasteiger charge is 1.97. The molecule has 13 heavy (non-hydrogen) atoms. The largest absolute Gasteiger partial charge is 0.492 e. The van der Waals surface area contributed by atoms with Crippen LogP contribution in [-0.2, 0) is 0 Å². The lowest BCUT2D eigenvalue weighted by Crippen LogP contribution is -1.99. The third-order valence-corrected chi connectivity index (χ3v) is 1.96. The monoisotopic (exact) mass is 179 g/mol. The fourth-order valence-corrected chi connectivity index (χ4v) is 1.16. The number of pyridine rings is 1. The van der Waals surface area contributed by atoms with Crippen LogP contribution in [0.3, 0.4) is 0 Å². The van der Waals surface area contributed by atoms with E-state index in [4.69, 9.17) is 4.74 Å². The van der Waals surface area contributed by atoms with Gasteiger partial charge in [0.05, 0.1) is 12.3 Å². The van der Waals surface area contributed by atoms with Crippen molar-refractivity contribution in [3.63, 3.8) is 0 Å². The average Bonchev–Trinajstić information content (AvgIpc) is 2.15. The molecule has 0 fully saturated rings. The molecule has 0 atom stereocenters. The third kappa shape index (κ3) is 3.45. The average molecular weight is 179 g/mol. The van der Waals surface area contributed by atoms with Gasteiger partial charge in [-0.05, 0) is 25.5 Å². The van der Waals surface area contributed by atoms with E-state index >= 15 is 0 Å². The van der Waals surface area contributed by atoms with Crippen molar-refractivity contribution in [3.05, 3.63) is 24.0 Å². The molecule has 0 aromatic carbocycles. The van der Waals surface area contributed by atoms with E-state index in [1.54, 1.807) is 6.20 Å². The van der Waals surface area contributed by atoms with Crippen LogP contribution in [-0.4, -0.2) is 11.6 Å². The van der Waals surface area contributed by atoms with Crippen LogP contribution in [0.25, 0.3) is 0 Å². The lowest BCUT2D eigenvalue weighted by atomic mass is 10.3. The lowest BCUT2D eigenvalue weighted by molar-refractivity contribution is 0.303. The van der Waals surface area contributed by atoms with Crippen molar-refractivity contribution < 1.29 is 4.74 Å². The van der Waals surface area contributed by atoms with Crippen molar-refractivity contribution >= 4 is 0 Å². The van der Waals surface area contributed by atoms with Crippen LogP contribution in [0.2, 0.25) is 0 Å². The number of aryl methyl sites for hydroxylation is 1. The van der Waals surface area contributed by atoms with Gasteiger partial charge >= 0.3 is 0 Å². The van der Waals surface area contributed by atoms with E-state index in [1.165, 1.54) is 12.8 Å². The molecule has 0 aliphatic rings. The number of unbranched alkanes of at least 4 members (excludes halogenated alkanes) is 2. The van der Waals surface area contributed by atoms with Crippen molar-refractivity contribution in [1.82, 2.24) is 4.98 Å². The van der Waals surface area contributed by atoms with Gasteiger partial charge in [-0.1, -0.05) is 19.8 Å². The van der Waals surface area contributed by atoms with Crippen LogP contribution in [0, 0.1) is 6.92 Å². The van der Waals surface area contributed by atoms with Crippen LogP contribution in [0.15, 0.2) is 18.3 Å². The second-order valence-electron chi connectivity index (χ2n) is 3.14. The van der Waals surface area contributed by atoms with E-state index in [9.17, 15) is 0 Å². The highest BCUT2D eigenvalue weighted by atomic mass is 16.5. The van der Waals surface area contributed by atoms with Crippen LogP contribution in [0.5, 0.6) is 5.75 Å². The van der Waals surface area contributed by atoms with E-state index < -0.39 is 0 Å². The summed E-state index contributed by atoms with van der Waals surface area (Å²) >= 11 is 0. The zero-order chi connectivity index (χ0) is 9.52. The van der Waals surface area contributed by atoms with Gasteiger partial charge in [0.25, 0.3) is 0 Å². The Kier molecular flexibility index (Phi) is 4.30. The SMILES string of the molecule is CCCCCOc1cccnc1C. The molecule has 1 rings (SSSR count). The standard InChI is InChI=1S/C11H17NO/c1-3-4-5-9-13-11-7-6-8-12-10(11)2/h6-8H,3-5,9H2,1-2H3. The zero-order valence-corrected chi connectivity index (χ0v) is 8.42.